The van der Waals surface area contributed by atoms with Gasteiger partial charge in [0, 0.05) is 0 Å². The molecule has 7 heteroatoms. The van der Waals surface area contributed by atoms with E-state index in [2.05, 4.69) is 34.1 Å². The van der Waals surface area contributed by atoms with Gasteiger partial charge in [0.1, 0.15) is 6.29 Å². The molecule has 0 radical (unpaired) electrons. The third kappa shape index (κ3) is 36.6. The van der Waals surface area contributed by atoms with Gasteiger partial charge in [-0.05, 0) is 6.92 Å². The van der Waals surface area contributed by atoms with Crippen LogP contribution in [0.5, 0.6) is 0 Å². The Bertz CT molecular complexity index is 140. The Kier molecular flexibility index (Phi) is 14.1. The summed E-state index contributed by atoms with van der Waals surface area (Å²) in [6, 6.07) is 0. The average Bonchev–Trinajstić information content (AvgIpc) is 2.40. The predicted octanol–water partition coefficient (Wildman–Crippen LogP) is 0.157. The molecule has 1 aliphatic rings. The monoisotopic (exact) mass is 192 g/mol. The zero-order valence-corrected chi connectivity index (χ0v) is 7.62. The highest BCUT2D eigenvalue weighted by Gasteiger charge is 1.84. The summed E-state index contributed by atoms with van der Waals surface area (Å²) in [5.41, 5.74) is 7.02. The summed E-state index contributed by atoms with van der Waals surface area (Å²) >= 11 is 3.10. The zero-order chi connectivity index (χ0) is 9.82. The van der Waals surface area contributed by atoms with Crippen molar-refractivity contribution in [2.24, 2.45) is 16.1 Å². The van der Waals surface area contributed by atoms with E-state index in [-0.39, 0.29) is 0 Å². The summed E-state index contributed by atoms with van der Waals surface area (Å²) < 4.78 is 0. The summed E-state index contributed by atoms with van der Waals surface area (Å²) in [7, 11) is 0. The van der Waals surface area contributed by atoms with Gasteiger partial charge in [-0.1, -0.05) is 17.9 Å². The molecule has 6 nitrogen and oxygen atoms in total. The van der Waals surface area contributed by atoms with Crippen molar-refractivity contribution in [3.63, 3.8) is 0 Å². The van der Waals surface area contributed by atoms with Crippen LogP contribution in [0, 0.1) is 0 Å². The normalized spacial score (nSPS) is 11.2. The van der Waals surface area contributed by atoms with Crippen molar-refractivity contribution in [2.45, 2.75) is 6.92 Å². The molecule has 0 saturated heterocycles. The number of nitrogens with two attached hydrogens (primary N) is 1. The molecule has 0 aromatic rings. The van der Waals surface area contributed by atoms with E-state index in [4.69, 9.17) is 9.59 Å². The Morgan fingerprint density at radius 3 is 2.25 bits per heavy atom. The molecule has 0 unspecified atom stereocenters. The molecule has 0 aromatic carbocycles. The van der Waals surface area contributed by atoms with E-state index in [0.717, 1.165) is 19.4 Å². The summed E-state index contributed by atoms with van der Waals surface area (Å²) in [6.07, 6.45) is 0.750. The lowest BCUT2D eigenvalue weighted by atomic mass is 10.7. The third-order valence-electron chi connectivity index (χ3n) is 0.465. The number of hydrogen-bond acceptors (Lipinski definition) is 5. The van der Waals surface area contributed by atoms with Crippen LogP contribution < -0.4 is 11.2 Å². The number of carbonyl (C=O) groups is 2. The van der Waals surface area contributed by atoms with Gasteiger partial charge in [-0.15, -0.1) is 0 Å². The summed E-state index contributed by atoms with van der Waals surface area (Å²) in [5, 5.41) is 6.42. The molecule has 70 valence electrons. The molecule has 1 aliphatic heterocycles. The first-order valence-electron chi connectivity index (χ1n) is 3.12. The predicted molar refractivity (Wildman–Crippen MR) is 48.0 cm³/mol. The smallest absolute Gasteiger partial charge is 0.273 e. The van der Waals surface area contributed by atoms with Crippen molar-refractivity contribution < 1.29 is 9.59 Å². The SMILES string of the molecule is C1CNN=N1.CC=O.NC(=O)S. The average molecular weight is 192 g/mol. The zero-order valence-electron chi connectivity index (χ0n) is 6.73. The Labute approximate surface area is 76.0 Å². The number of amides is 1. The maximum Gasteiger partial charge on any atom is 0.273 e. The Morgan fingerprint density at radius 2 is 2.17 bits per heavy atom. The Hall–Kier alpha value is -1.11. The molecule has 0 aliphatic carbocycles. The molecule has 12 heavy (non-hydrogen) atoms. The van der Waals surface area contributed by atoms with E-state index in [9.17, 15) is 0 Å². The number of hydrogen-bond donors (Lipinski definition) is 3. The Morgan fingerprint density at radius 1 is 1.75 bits per heavy atom. The molecule has 0 aromatic heterocycles. The summed E-state index contributed by atoms with van der Waals surface area (Å²) in [5.74, 6) is 0. The van der Waals surface area contributed by atoms with E-state index in [1.807, 2.05) is 0 Å². The van der Waals surface area contributed by atoms with Crippen molar-refractivity contribution in [1.82, 2.24) is 5.43 Å². The molecule has 3 N–H and O–H groups in total. The van der Waals surface area contributed by atoms with Gasteiger partial charge in [0.05, 0.1) is 13.1 Å². The molecule has 0 bridgehead atoms. The van der Waals surface area contributed by atoms with Gasteiger partial charge in [0.15, 0.2) is 0 Å². The number of aldehydes is 1. The van der Waals surface area contributed by atoms with Crippen LogP contribution in [0.25, 0.3) is 0 Å². The Balaban J connectivity index is 0. The second-order valence-corrected chi connectivity index (χ2v) is 1.89. The molecule has 1 amide bonds. The minimum atomic E-state index is -0.639. The van der Waals surface area contributed by atoms with Gasteiger partial charge >= 0.3 is 0 Å². The van der Waals surface area contributed by atoms with Crippen LogP contribution in [-0.4, -0.2) is 24.6 Å². The number of carbonyl (C=O) groups excluding carboxylic acids is 2. The first-order chi connectivity index (χ1) is 5.65. The number of nitrogens with zero attached hydrogens (tertiary/aromatic N) is 2. The number of thiol groups is 1. The van der Waals surface area contributed by atoms with E-state index in [1.165, 1.54) is 6.92 Å². The first kappa shape index (κ1) is 13.5. The third-order valence-corrected chi connectivity index (χ3v) is 0.465. The lowest BCUT2D eigenvalue weighted by molar-refractivity contribution is -0.106. The van der Waals surface area contributed by atoms with Crippen molar-refractivity contribution >= 4 is 24.2 Å². The maximum absolute atomic E-state index is 9.09. The molecule has 0 saturated carbocycles. The second-order valence-electron chi connectivity index (χ2n) is 1.45. The van der Waals surface area contributed by atoms with Crippen LogP contribution in [-0.2, 0) is 4.79 Å². The summed E-state index contributed by atoms with van der Waals surface area (Å²) in [6.45, 7) is 3.21. The number of primary amides is 1. The van der Waals surface area contributed by atoms with Gasteiger partial charge < -0.3 is 10.5 Å². The van der Waals surface area contributed by atoms with Crippen molar-refractivity contribution in [2.75, 3.05) is 13.1 Å². The standard InChI is InChI=1S/C2H5N3.C2H4O.CH3NOS/c1-2-4-5-3-1;1-2-3;2-1(3)4/h1-2H2,(H,3,4);2H,1H3;(H3,2,3,4). The van der Waals surface area contributed by atoms with E-state index < -0.39 is 5.24 Å². The molecule has 1 heterocycles. The van der Waals surface area contributed by atoms with Crippen LogP contribution in [0.3, 0.4) is 0 Å². The quantitative estimate of drug-likeness (QED) is 0.376. The van der Waals surface area contributed by atoms with Gasteiger partial charge in [-0.3, -0.25) is 10.2 Å². The highest BCUT2D eigenvalue weighted by atomic mass is 32.1. The topological polar surface area (TPSA) is 96.9 Å². The fraction of sp³-hybridized carbons (Fsp3) is 0.600. The largest absolute Gasteiger partial charge is 0.361 e. The molecule has 0 fully saturated rings. The van der Waals surface area contributed by atoms with E-state index in [0.29, 0.717) is 0 Å². The van der Waals surface area contributed by atoms with Gasteiger partial charge in [0.2, 0.25) is 0 Å². The van der Waals surface area contributed by atoms with Crippen LogP contribution in [0.2, 0.25) is 0 Å². The molecular weight excluding hydrogens is 180 g/mol. The van der Waals surface area contributed by atoms with Crippen LogP contribution >= 0.6 is 12.6 Å². The van der Waals surface area contributed by atoms with Gasteiger partial charge in [-0.2, -0.15) is 5.11 Å². The van der Waals surface area contributed by atoms with Crippen LogP contribution in [0.4, 0.5) is 4.79 Å². The molecular formula is C5H12N4O2S. The molecule has 0 spiro atoms. The van der Waals surface area contributed by atoms with Crippen LogP contribution in [0.1, 0.15) is 6.92 Å². The first-order valence-corrected chi connectivity index (χ1v) is 3.57. The second kappa shape index (κ2) is 12.6. The van der Waals surface area contributed by atoms with Crippen LogP contribution in [0.15, 0.2) is 10.3 Å². The van der Waals surface area contributed by atoms with Crippen molar-refractivity contribution in [1.29, 1.82) is 0 Å². The fourth-order valence-corrected chi connectivity index (χ4v) is 0.250. The summed E-state index contributed by atoms with van der Waals surface area (Å²) in [4.78, 5) is 17.9. The van der Waals surface area contributed by atoms with Crippen molar-refractivity contribution in [3.05, 3.63) is 0 Å². The highest BCUT2D eigenvalue weighted by molar-refractivity contribution is 7.96. The van der Waals surface area contributed by atoms with E-state index in [1.54, 1.807) is 0 Å². The van der Waals surface area contributed by atoms with Crippen molar-refractivity contribution in [3.8, 4) is 0 Å². The number of rotatable bonds is 0. The minimum absolute atomic E-state index is 0.639. The highest BCUT2D eigenvalue weighted by Crippen LogP contribution is 1.76. The minimum Gasteiger partial charge on any atom is -0.361 e. The van der Waals surface area contributed by atoms with Gasteiger partial charge in [0.25, 0.3) is 5.24 Å². The lowest BCUT2D eigenvalue weighted by Crippen LogP contribution is -1.99. The molecule has 0 atom stereocenters. The fourth-order valence-electron chi connectivity index (χ4n) is 0.250. The molecule has 1 rings (SSSR count). The van der Waals surface area contributed by atoms with E-state index >= 15 is 0 Å². The maximum atomic E-state index is 9.09. The number of nitrogens with one attached hydrogen (secondary N) is 1. The van der Waals surface area contributed by atoms with Gasteiger partial charge in [-0.25, -0.2) is 0 Å². The lowest BCUT2D eigenvalue weighted by Gasteiger charge is -1.72.